The van der Waals surface area contributed by atoms with Crippen LogP contribution in [0.1, 0.15) is 45.7 Å². The predicted octanol–water partition coefficient (Wildman–Crippen LogP) is 3.04. The van der Waals surface area contributed by atoms with Gasteiger partial charge in [-0.1, -0.05) is 60.7 Å². The quantitative estimate of drug-likeness (QED) is 0.161. The van der Waals surface area contributed by atoms with E-state index in [9.17, 15) is 24.0 Å². The molecule has 0 saturated heterocycles. The second-order valence-corrected chi connectivity index (χ2v) is 9.13. The van der Waals surface area contributed by atoms with Crippen LogP contribution in [0, 0.1) is 0 Å². The molecule has 0 spiro atoms. The topological polar surface area (TPSA) is 150 Å². The van der Waals surface area contributed by atoms with Gasteiger partial charge >= 0.3 is 29.8 Å². The average molecular weight is 589 g/mol. The van der Waals surface area contributed by atoms with E-state index in [0.29, 0.717) is 0 Å². The molecular weight excluding hydrogens is 552 g/mol. The number of rotatable bonds is 16. The minimum atomic E-state index is -1.65. The number of esters is 5. The van der Waals surface area contributed by atoms with Crippen LogP contribution in [0.2, 0.25) is 0 Å². The number of hydrogen-bond acceptors (Lipinski definition) is 12. The third-order valence-corrected chi connectivity index (χ3v) is 5.47. The fraction of sp³-hybridized carbons (Fsp3) is 0.433. The second kappa shape index (κ2) is 17.5. The number of benzene rings is 2. The van der Waals surface area contributed by atoms with Crippen LogP contribution in [0.5, 0.6) is 0 Å². The van der Waals surface area contributed by atoms with E-state index < -0.39 is 67.2 Å². The van der Waals surface area contributed by atoms with Crippen LogP contribution in [0.25, 0.3) is 0 Å². The largest absolute Gasteiger partial charge is 0.462 e. The first-order valence-electron chi connectivity index (χ1n) is 13.1. The SMILES string of the molecule is CC(=O)OC[C@H](OC(C)=O)[C@@H](OC(C)=O)[C@H](OC(C)=O)[C@H](OC(C)=O)C(OCc1ccccc1)OCc1ccccc1. The Bertz CT molecular complexity index is 1120. The Morgan fingerprint density at radius 3 is 1.33 bits per heavy atom. The highest BCUT2D eigenvalue weighted by Crippen LogP contribution is 2.25. The van der Waals surface area contributed by atoms with E-state index in [4.69, 9.17) is 33.2 Å². The van der Waals surface area contributed by atoms with Gasteiger partial charge in [-0.3, -0.25) is 24.0 Å². The van der Waals surface area contributed by atoms with E-state index >= 15 is 0 Å². The van der Waals surface area contributed by atoms with Crippen molar-refractivity contribution in [3.63, 3.8) is 0 Å². The van der Waals surface area contributed by atoms with E-state index in [1.165, 1.54) is 0 Å². The molecule has 0 saturated carbocycles. The summed E-state index contributed by atoms with van der Waals surface area (Å²) in [5.74, 6) is -4.05. The minimum absolute atomic E-state index is 0.0100. The Balaban J connectivity index is 2.60. The van der Waals surface area contributed by atoms with Crippen LogP contribution in [-0.2, 0) is 70.3 Å². The minimum Gasteiger partial charge on any atom is -0.462 e. The molecule has 0 amide bonds. The number of ether oxygens (including phenoxy) is 7. The van der Waals surface area contributed by atoms with Crippen molar-refractivity contribution in [3.8, 4) is 0 Å². The smallest absolute Gasteiger partial charge is 0.303 e. The van der Waals surface area contributed by atoms with Crippen molar-refractivity contribution in [1.82, 2.24) is 0 Å². The molecule has 0 aliphatic carbocycles. The van der Waals surface area contributed by atoms with Gasteiger partial charge in [-0.25, -0.2) is 0 Å². The molecule has 12 heteroatoms. The normalized spacial score (nSPS) is 13.7. The standard InChI is InChI=1S/C30H36O12/c1-19(31)36-18-26(39-20(2)32)27(40-21(3)33)28(41-22(4)34)29(42-23(5)35)30(37-16-24-12-8-6-9-13-24)38-17-25-14-10-7-11-15-25/h6-15,26-30H,16-18H2,1-5H3/t26-,27+,28-,29-/m0/s1. The molecule has 2 rings (SSSR count). The Morgan fingerprint density at radius 1 is 0.524 bits per heavy atom. The molecule has 2 aromatic carbocycles. The first kappa shape index (κ1) is 33.9. The highest BCUT2D eigenvalue weighted by atomic mass is 16.7. The predicted molar refractivity (Wildman–Crippen MR) is 145 cm³/mol. The third-order valence-electron chi connectivity index (χ3n) is 5.47. The molecule has 4 atom stereocenters. The summed E-state index contributed by atoms with van der Waals surface area (Å²) in [5.41, 5.74) is 1.50. The lowest BCUT2D eigenvalue weighted by Gasteiger charge is -2.38. The molecule has 0 bridgehead atoms. The molecule has 12 nitrogen and oxygen atoms in total. The lowest BCUT2D eigenvalue weighted by molar-refractivity contribution is -0.256. The van der Waals surface area contributed by atoms with Crippen molar-refractivity contribution in [3.05, 3.63) is 71.8 Å². The summed E-state index contributed by atoms with van der Waals surface area (Å²) in [5, 5.41) is 0. The van der Waals surface area contributed by atoms with Crippen molar-refractivity contribution in [2.45, 2.75) is 78.5 Å². The van der Waals surface area contributed by atoms with E-state index in [2.05, 4.69) is 0 Å². The van der Waals surface area contributed by atoms with Crippen LogP contribution in [0.15, 0.2) is 60.7 Å². The first-order chi connectivity index (χ1) is 20.0. The van der Waals surface area contributed by atoms with Gasteiger partial charge in [-0.05, 0) is 11.1 Å². The van der Waals surface area contributed by atoms with Gasteiger partial charge in [0.1, 0.15) is 6.61 Å². The first-order valence-corrected chi connectivity index (χ1v) is 13.1. The van der Waals surface area contributed by atoms with Gasteiger partial charge in [-0.2, -0.15) is 0 Å². The Morgan fingerprint density at radius 2 is 0.929 bits per heavy atom. The van der Waals surface area contributed by atoms with Crippen LogP contribution in [-0.4, -0.2) is 67.2 Å². The molecule has 0 aliphatic heterocycles. The van der Waals surface area contributed by atoms with Crippen molar-refractivity contribution in [2.75, 3.05) is 6.61 Å². The summed E-state index contributed by atoms with van der Waals surface area (Å²) in [4.78, 5) is 60.5. The van der Waals surface area contributed by atoms with Crippen LogP contribution < -0.4 is 0 Å². The molecule has 228 valence electrons. The summed E-state index contributed by atoms with van der Waals surface area (Å²) >= 11 is 0. The summed E-state index contributed by atoms with van der Waals surface area (Å²) in [6.45, 7) is 4.90. The number of carbonyl (C=O) groups excluding carboxylic acids is 5. The summed E-state index contributed by atoms with van der Waals surface area (Å²) < 4.78 is 39.1. The van der Waals surface area contributed by atoms with Crippen LogP contribution >= 0.6 is 0 Å². The van der Waals surface area contributed by atoms with E-state index in [1.807, 2.05) is 12.1 Å². The molecule has 0 unspecified atom stereocenters. The molecule has 0 radical (unpaired) electrons. The zero-order valence-corrected chi connectivity index (χ0v) is 24.2. The van der Waals surface area contributed by atoms with Crippen LogP contribution in [0.4, 0.5) is 0 Å². The zero-order chi connectivity index (χ0) is 31.1. The fourth-order valence-corrected chi connectivity index (χ4v) is 3.88. The highest BCUT2D eigenvalue weighted by Gasteiger charge is 2.48. The Hall–Kier alpha value is -4.29. The number of carbonyl (C=O) groups is 5. The molecule has 42 heavy (non-hydrogen) atoms. The lowest BCUT2D eigenvalue weighted by Crippen LogP contribution is -2.57. The van der Waals surface area contributed by atoms with Crippen LogP contribution in [0.3, 0.4) is 0 Å². The maximum Gasteiger partial charge on any atom is 0.303 e. The molecule has 0 fully saturated rings. The molecule has 0 N–H and O–H groups in total. The van der Waals surface area contributed by atoms with Crippen molar-refractivity contribution in [1.29, 1.82) is 0 Å². The monoisotopic (exact) mass is 588 g/mol. The molecular formula is C30H36O12. The maximum absolute atomic E-state index is 12.4. The molecule has 0 aliphatic rings. The van der Waals surface area contributed by atoms with Crippen molar-refractivity contribution >= 4 is 29.8 Å². The van der Waals surface area contributed by atoms with Gasteiger partial charge in [0, 0.05) is 34.6 Å². The molecule has 0 heterocycles. The fourth-order valence-electron chi connectivity index (χ4n) is 3.88. The Labute approximate surface area is 244 Å². The molecule has 2 aromatic rings. The van der Waals surface area contributed by atoms with Gasteiger partial charge in [-0.15, -0.1) is 0 Å². The van der Waals surface area contributed by atoms with Gasteiger partial charge in [0.15, 0.2) is 30.7 Å². The van der Waals surface area contributed by atoms with Crippen molar-refractivity contribution in [2.24, 2.45) is 0 Å². The van der Waals surface area contributed by atoms with E-state index in [-0.39, 0.29) is 13.2 Å². The van der Waals surface area contributed by atoms with Gasteiger partial charge in [0.05, 0.1) is 13.2 Å². The summed E-state index contributed by atoms with van der Waals surface area (Å²) in [7, 11) is 0. The molecule has 0 aromatic heterocycles. The summed E-state index contributed by atoms with van der Waals surface area (Å²) in [6.07, 6.45) is -7.70. The van der Waals surface area contributed by atoms with Gasteiger partial charge in [0.2, 0.25) is 0 Å². The van der Waals surface area contributed by atoms with Gasteiger partial charge in [0.25, 0.3) is 0 Å². The lowest BCUT2D eigenvalue weighted by atomic mass is 10.0. The van der Waals surface area contributed by atoms with E-state index in [1.54, 1.807) is 48.5 Å². The van der Waals surface area contributed by atoms with Crippen molar-refractivity contribution < 1.29 is 57.1 Å². The highest BCUT2D eigenvalue weighted by molar-refractivity contribution is 5.69. The van der Waals surface area contributed by atoms with Gasteiger partial charge < -0.3 is 33.2 Å². The average Bonchev–Trinajstić information content (AvgIpc) is 2.92. The van der Waals surface area contributed by atoms with E-state index in [0.717, 1.165) is 45.7 Å². The third kappa shape index (κ3) is 12.5. The number of hydrogen-bond donors (Lipinski definition) is 0. The summed E-state index contributed by atoms with van der Waals surface area (Å²) in [6, 6.07) is 18.1. The second-order valence-electron chi connectivity index (χ2n) is 9.13. The Kier molecular flexibility index (Phi) is 14.1. The maximum atomic E-state index is 12.4. The zero-order valence-electron chi connectivity index (χ0n) is 24.2.